The molecule has 27 heavy (non-hydrogen) atoms. The second-order valence-electron chi connectivity index (χ2n) is 5.53. The molecule has 0 spiro atoms. The van der Waals surface area contributed by atoms with Gasteiger partial charge in [-0.2, -0.15) is 0 Å². The lowest BCUT2D eigenvalue weighted by Crippen LogP contribution is -2.37. The second kappa shape index (κ2) is 9.25. The first-order valence-electron chi connectivity index (χ1n) is 7.62. The highest BCUT2D eigenvalue weighted by atomic mass is 79.9. The standard InChI is InChI=1S/C17H15Br2N3O4S/c1-9-6-11(18)7-12(19)16(9)26-8-15(23)21-17(27)20-13-4-3-5-14(10(13)2)22(24)25/h3-7H,8H2,1-2H3,(H2,20,21,23,27). The number of benzene rings is 2. The summed E-state index contributed by atoms with van der Waals surface area (Å²) in [7, 11) is 0. The van der Waals surface area contributed by atoms with E-state index >= 15 is 0 Å². The van der Waals surface area contributed by atoms with Crippen molar-refractivity contribution >= 4 is 66.5 Å². The third-order valence-electron chi connectivity index (χ3n) is 3.54. The highest BCUT2D eigenvalue weighted by molar-refractivity contribution is 9.11. The van der Waals surface area contributed by atoms with Crippen LogP contribution >= 0.6 is 44.1 Å². The largest absolute Gasteiger partial charge is 0.482 e. The summed E-state index contributed by atoms with van der Waals surface area (Å²) in [6.07, 6.45) is 0. The lowest BCUT2D eigenvalue weighted by molar-refractivity contribution is -0.385. The molecule has 0 fully saturated rings. The first-order chi connectivity index (χ1) is 12.7. The van der Waals surface area contributed by atoms with Gasteiger partial charge >= 0.3 is 0 Å². The molecule has 7 nitrogen and oxygen atoms in total. The summed E-state index contributed by atoms with van der Waals surface area (Å²) in [5.41, 5.74) is 1.69. The molecule has 10 heteroatoms. The molecule has 0 unspecified atom stereocenters. The third-order valence-corrected chi connectivity index (χ3v) is 4.80. The van der Waals surface area contributed by atoms with E-state index in [9.17, 15) is 14.9 Å². The van der Waals surface area contributed by atoms with E-state index in [-0.39, 0.29) is 17.4 Å². The van der Waals surface area contributed by atoms with Crippen LogP contribution < -0.4 is 15.4 Å². The Morgan fingerprint density at radius 3 is 2.63 bits per heavy atom. The van der Waals surface area contributed by atoms with Gasteiger partial charge in [0.1, 0.15) is 5.75 Å². The Labute approximate surface area is 177 Å². The molecule has 0 aliphatic heterocycles. The number of nitrogens with zero attached hydrogens (tertiary/aromatic N) is 1. The van der Waals surface area contributed by atoms with Crippen LogP contribution in [0.4, 0.5) is 11.4 Å². The number of amides is 1. The molecule has 1 amide bonds. The van der Waals surface area contributed by atoms with Crippen LogP contribution in [0.2, 0.25) is 0 Å². The van der Waals surface area contributed by atoms with Crippen molar-refractivity contribution in [1.82, 2.24) is 5.32 Å². The van der Waals surface area contributed by atoms with Gasteiger partial charge in [0, 0.05) is 10.5 Å². The van der Waals surface area contributed by atoms with E-state index in [2.05, 4.69) is 42.5 Å². The summed E-state index contributed by atoms with van der Waals surface area (Å²) in [5.74, 6) is 0.103. The molecule has 0 saturated heterocycles. The van der Waals surface area contributed by atoms with Crippen LogP contribution in [0.5, 0.6) is 5.75 Å². The Morgan fingerprint density at radius 1 is 1.30 bits per heavy atom. The molecule has 142 valence electrons. The highest BCUT2D eigenvalue weighted by Gasteiger charge is 2.15. The molecule has 0 heterocycles. The van der Waals surface area contributed by atoms with E-state index in [0.29, 0.717) is 17.0 Å². The Bertz CT molecular complexity index is 898. The number of nitro benzene ring substituents is 1. The summed E-state index contributed by atoms with van der Waals surface area (Å²) in [5, 5.41) is 16.3. The van der Waals surface area contributed by atoms with Crippen LogP contribution in [-0.2, 0) is 4.79 Å². The minimum absolute atomic E-state index is 0.0267. The molecule has 2 rings (SSSR count). The van der Waals surface area contributed by atoms with Crippen molar-refractivity contribution in [3.63, 3.8) is 0 Å². The maximum Gasteiger partial charge on any atom is 0.274 e. The molecular formula is C17H15Br2N3O4S. The van der Waals surface area contributed by atoms with Gasteiger partial charge in [0.25, 0.3) is 11.6 Å². The number of hydrogen-bond donors (Lipinski definition) is 2. The number of anilines is 1. The third kappa shape index (κ3) is 5.72. The van der Waals surface area contributed by atoms with Crippen molar-refractivity contribution in [3.8, 4) is 5.75 Å². The zero-order valence-electron chi connectivity index (χ0n) is 14.3. The second-order valence-corrected chi connectivity index (χ2v) is 7.71. The predicted octanol–water partition coefficient (Wildman–Crippen LogP) is 4.63. The average Bonchev–Trinajstić information content (AvgIpc) is 2.55. The molecule has 2 aromatic carbocycles. The van der Waals surface area contributed by atoms with Crippen LogP contribution in [0, 0.1) is 24.0 Å². The molecule has 0 atom stereocenters. The average molecular weight is 517 g/mol. The first-order valence-corrected chi connectivity index (χ1v) is 9.61. The number of nitro groups is 1. The van der Waals surface area contributed by atoms with Gasteiger partial charge in [0.05, 0.1) is 20.6 Å². The summed E-state index contributed by atoms with van der Waals surface area (Å²) in [6.45, 7) is 3.22. The fourth-order valence-corrected chi connectivity index (χ4v) is 4.06. The Hall–Kier alpha value is -2.04. The van der Waals surface area contributed by atoms with Gasteiger partial charge in [-0.15, -0.1) is 0 Å². The molecule has 2 aromatic rings. The van der Waals surface area contributed by atoms with Crippen molar-refractivity contribution in [2.45, 2.75) is 13.8 Å². The van der Waals surface area contributed by atoms with Gasteiger partial charge in [-0.25, -0.2) is 0 Å². The Morgan fingerprint density at radius 2 is 2.00 bits per heavy atom. The van der Waals surface area contributed by atoms with Gasteiger partial charge in [-0.1, -0.05) is 22.0 Å². The number of hydrogen-bond acceptors (Lipinski definition) is 5. The van der Waals surface area contributed by atoms with E-state index < -0.39 is 10.8 Å². The fraction of sp³-hybridized carbons (Fsp3) is 0.176. The van der Waals surface area contributed by atoms with Gasteiger partial charge in [-0.3, -0.25) is 20.2 Å². The SMILES string of the molecule is Cc1cc(Br)cc(Br)c1OCC(=O)NC(=S)Nc1cccc([N+](=O)[O-])c1C. The number of carbonyl (C=O) groups excluding carboxylic acids is 1. The summed E-state index contributed by atoms with van der Waals surface area (Å²) < 4.78 is 7.16. The molecule has 0 aliphatic carbocycles. The minimum Gasteiger partial charge on any atom is -0.482 e. The molecule has 0 saturated carbocycles. The van der Waals surface area contributed by atoms with E-state index in [0.717, 1.165) is 14.5 Å². The number of aryl methyl sites for hydroxylation is 1. The Kier molecular flexibility index (Phi) is 7.28. The molecule has 2 N–H and O–H groups in total. The van der Waals surface area contributed by atoms with Crippen molar-refractivity contribution in [2.75, 3.05) is 11.9 Å². The van der Waals surface area contributed by atoms with Crippen molar-refractivity contribution in [1.29, 1.82) is 0 Å². The van der Waals surface area contributed by atoms with E-state index in [1.54, 1.807) is 13.0 Å². The Balaban J connectivity index is 1.96. The number of ether oxygens (including phenoxy) is 1. The maximum atomic E-state index is 12.1. The quantitative estimate of drug-likeness (QED) is 0.342. The first kappa shape index (κ1) is 21.3. The zero-order valence-corrected chi connectivity index (χ0v) is 18.3. The van der Waals surface area contributed by atoms with Gasteiger partial charge in [0.15, 0.2) is 11.7 Å². The van der Waals surface area contributed by atoms with Crippen LogP contribution in [0.1, 0.15) is 11.1 Å². The topological polar surface area (TPSA) is 93.5 Å². The molecular weight excluding hydrogens is 502 g/mol. The fourth-order valence-electron chi connectivity index (χ4n) is 2.28. The van der Waals surface area contributed by atoms with Crippen molar-refractivity contribution in [2.24, 2.45) is 0 Å². The van der Waals surface area contributed by atoms with E-state index in [4.69, 9.17) is 17.0 Å². The van der Waals surface area contributed by atoms with Gasteiger partial charge < -0.3 is 10.1 Å². The number of rotatable bonds is 5. The lowest BCUT2D eigenvalue weighted by atomic mass is 10.1. The summed E-state index contributed by atoms with van der Waals surface area (Å²) >= 11 is 11.9. The van der Waals surface area contributed by atoms with Crippen LogP contribution in [0.15, 0.2) is 39.3 Å². The van der Waals surface area contributed by atoms with Gasteiger partial charge in [-0.05, 0) is 65.8 Å². The van der Waals surface area contributed by atoms with Crippen LogP contribution in [0.3, 0.4) is 0 Å². The van der Waals surface area contributed by atoms with Crippen LogP contribution in [-0.4, -0.2) is 22.5 Å². The highest BCUT2D eigenvalue weighted by Crippen LogP contribution is 2.32. The number of thiocarbonyl (C=S) groups is 1. The van der Waals surface area contributed by atoms with Crippen LogP contribution in [0.25, 0.3) is 0 Å². The van der Waals surface area contributed by atoms with E-state index in [1.165, 1.54) is 12.1 Å². The number of halogens is 2. The smallest absolute Gasteiger partial charge is 0.274 e. The van der Waals surface area contributed by atoms with E-state index in [1.807, 2.05) is 19.1 Å². The monoisotopic (exact) mass is 515 g/mol. The zero-order chi connectivity index (χ0) is 20.1. The molecule has 0 radical (unpaired) electrons. The molecule has 0 bridgehead atoms. The van der Waals surface area contributed by atoms with Crippen molar-refractivity contribution in [3.05, 3.63) is 60.5 Å². The number of nitrogens with one attached hydrogen (secondary N) is 2. The summed E-state index contributed by atoms with van der Waals surface area (Å²) in [4.78, 5) is 22.6. The summed E-state index contributed by atoms with van der Waals surface area (Å²) in [6, 6.07) is 8.26. The van der Waals surface area contributed by atoms with Gasteiger partial charge in [0.2, 0.25) is 0 Å². The molecule has 0 aliphatic rings. The predicted molar refractivity (Wildman–Crippen MR) is 114 cm³/mol. The minimum atomic E-state index is -0.478. The van der Waals surface area contributed by atoms with Crippen molar-refractivity contribution < 1.29 is 14.5 Å². The normalized spacial score (nSPS) is 10.2. The molecule has 0 aromatic heterocycles. The maximum absolute atomic E-state index is 12.1. The number of carbonyl (C=O) groups is 1. The lowest BCUT2D eigenvalue weighted by Gasteiger charge is -2.14.